The van der Waals surface area contributed by atoms with Gasteiger partial charge in [-0.1, -0.05) is 48.5 Å². The molecule has 34 heavy (non-hydrogen) atoms. The molecule has 6 rings (SSSR count). The lowest BCUT2D eigenvalue weighted by molar-refractivity contribution is -0.124. The van der Waals surface area contributed by atoms with Crippen LogP contribution in [-0.2, 0) is 23.2 Å². The first kappa shape index (κ1) is 20.7. The number of nitrogens with one attached hydrogen (secondary N) is 1. The predicted octanol–water partition coefficient (Wildman–Crippen LogP) is 5.55. The number of fused-ring (bicyclic) bond motifs is 2. The zero-order valence-electron chi connectivity index (χ0n) is 19.3. The Labute approximate surface area is 199 Å². The van der Waals surface area contributed by atoms with Gasteiger partial charge in [0.05, 0.1) is 5.41 Å². The summed E-state index contributed by atoms with van der Waals surface area (Å²) in [5.74, 6) is 0.119. The van der Waals surface area contributed by atoms with Gasteiger partial charge in [-0.3, -0.25) is 9.78 Å². The molecular weight excluding hydrogens is 418 g/mol. The van der Waals surface area contributed by atoms with E-state index in [0.717, 1.165) is 24.1 Å². The molecule has 1 atom stereocenters. The van der Waals surface area contributed by atoms with Crippen molar-refractivity contribution in [2.75, 3.05) is 6.54 Å². The lowest BCUT2D eigenvalue weighted by Crippen LogP contribution is -2.37. The van der Waals surface area contributed by atoms with Crippen LogP contribution < -0.4 is 5.32 Å². The van der Waals surface area contributed by atoms with Gasteiger partial charge in [0, 0.05) is 42.6 Å². The maximum atomic E-state index is 13.2. The minimum atomic E-state index is -0.554. The molecule has 1 N–H and O–H groups in total. The smallest absolute Gasteiger partial charge is 0.231 e. The molecule has 1 aliphatic rings. The molecule has 1 aliphatic heterocycles. The van der Waals surface area contributed by atoms with Crippen molar-refractivity contribution < 1.29 is 4.79 Å². The summed E-state index contributed by atoms with van der Waals surface area (Å²) in [5.41, 5.74) is 5.37. The van der Waals surface area contributed by atoms with Crippen LogP contribution in [-0.4, -0.2) is 22.0 Å². The SMILES string of the molecule is Cc1cn(Cc2ccc3ccccc3c2)c2cc(C3(Cc4ccncc4)CCNC3=O)ccc12. The van der Waals surface area contributed by atoms with Gasteiger partial charge in [0.25, 0.3) is 0 Å². The van der Waals surface area contributed by atoms with Gasteiger partial charge in [-0.25, -0.2) is 0 Å². The Morgan fingerprint density at radius 2 is 1.76 bits per heavy atom. The third kappa shape index (κ3) is 3.47. The summed E-state index contributed by atoms with van der Waals surface area (Å²) >= 11 is 0. The van der Waals surface area contributed by atoms with Gasteiger partial charge < -0.3 is 9.88 Å². The van der Waals surface area contributed by atoms with Crippen molar-refractivity contribution in [3.63, 3.8) is 0 Å². The van der Waals surface area contributed by atoms with Crippen LogP contribution in [0.25, 0.3) is 21.7 Å². The molecule has 1 amide bonds. The van der Waals surface area contributed by atoms with Crippen LogP contribution in [0, 0.1) is 6.92 Å². The molecule has 0 saturated carbocycles. The van der Waals surface area contributed by atoms with Crippen LogP contribution in [0.2, 0.25) is 0 Å². The molecule has 2 aromatic heterocycles. The molecule has 0 bridgehead atoms. The number of carbonyl (C=O) groups excluding carboxylic acids is 1. The van der Waals surface area contributed by atoms with E-state index in [9.17, 15) is 4.79 Å². The average molecular weight is 446 g/mol. The molecule has 5 aromatic rings. The van der Waals surface area contributed by atoms with E-state index >= 15 is 0 Å². The molecule has 0 aliphatic carbocycles. The van der Waals surface area contributed by atoms with Gasteiger partial charge >= 0.3 is 0 Å². The fourth-order valence-electron chi connectivity index (χ4n) is 5.51. The maximum absolute atomic E-state index is 13.2. The van der Waals surface area contributed by atoms with Gasteiger partial charge in [-0.05, 0) is 77.1 Å². The lowest BCUT2D eigenvalue weighted by atomic mass is 9.74. The molecular formula is C30H27N3O. The summed E-state index contributed by atoms with van der Waals surface area (Å²) in [7, 11) is 0. The molecule has 1 unspecified atom stereocenters. The zero-order valence-corrected chi connectivity index (χ0v) is 19.3. The molecule has 4 nitrogen and oxygen atoms in total. The van der Waals surface area contributed by atoms with Crippen molar-refractivity contribution in [3.8, 4) is 0 Å². The van der Waals surface area contributed by atoms with Gasteiger partial charge in [0.2, 0.25) is 5.91 Å². The molecule has 3 aromatic carbocycles. The Bertz CT molecular complexity index is 1520. The number of rotatable bonds is 5. The molecule has 1 saturated heterocycles. The van der Waals surface area contributed by atoms with Crippen LogP contribution in [0.4, 0.5) is 0 Å². The number of carbonyl (C=O) groups is 1. The second kappa shape index (κ2) is 8.14. The van der Waals surface area contributed by atoms with Crippen LogP contribution >= 0.6 is 0 Å². The molecule has 0 spiro atoms. The highest BCUT2D eigenvalue weighted by Gasteiger charge is 2.44. The van der Waals surface area contributed by atoms with E-state index in [1.165, 1.54) is 32.8 Å². The highest BCUT2D eigenvalue weighted by atomic mass is 16.2. The average Bonchev–Trinajstić information content (AvgIpc) is 3.39. The van der Waals surface area contributed by atoms with Crippen molar-refractivity contribution in [2.24, 2.45) is 0 Å². The largest absolute Gasteiger partial charge is 0.355 e. The minimum Gasteiger partial charge on any atom is -0.355 e. The van der Waals surface area contributed by atoms with Gasteiger partial charge in [0.15, 0.2) is 0 Å². The Hall–Kier alpha value is -3.92. The molecule has 3 heterocycles. The molecule has 4 heteroatoms. The first-order valence-corrected chi connectivity index (χ1v) is 11.9. The highest BCUT2D eigenvalue weighted by molar-refractivity contribution is 5.93. The number of benzene rings is 3. The fraction of sp³-hybridized carbons (Fsp3) is 0.200. The molecule has 0 radical (unpaired) electrons. The minimum absolute atomic E-state index is 0.119. The van der Waals surface area contributed by atoms with Gasteiger partial charge in [0.1, 0.15) is 0 Å². The number of pyridine rings is 1. The Morgan fingerprint density at radius 1 is 0.941 bits per heavy atom. The van der Waals surface area contributed by atoms with E-state index in [-0.39, 0.29) is 5.91 Å². The third-order valence-electron chi connectivity index (χ3n) is 7.33. The van der Waals surface area contributed by atoms with Crippen molar-refractivity contribution in [1.82, 2.24) is 14.9 Å². The summed E-state index contributed by atoms with van der Waals surface area (Å²) in [6.45, 7) is 3.66. The van der Waals surface area contributed by atoms with Gasteiger partial charge in [-0.2, -0.15) is 0 Å². The molecule has 1 fully saturated rings. The summed E-state index contributed by atoms with van der Waals surface area (Å²) in [4.78, 5) is 17.4. The first-order valence-electron chi connectivity index (χ1n) is 11.9. The van der Waals surface area contributed by atoms with Gasteiger partial charge in [-0.15, -0.1) is 0 Å². The van der Waals surface area contributed by atoms with E-state index in [4.69, 9.17) is 0 Å². The summed E-state index contributed by atoms with van der Waals surface area (Å²) < 4.78 is 2.32. The number of amides is 1. The van der Waals surface area contributed by atoms with Crippen LogP contribution in [0.15, 0.2) is 91.4 Å². The normalized spacial score (nSPS) is 18.0. The van der Waals surface area contributed by atoms with E-state index in [0.29, 0.717) is 13.0 Å². The Kier molecular flexibility index (Phi) is 4.95. The Balaban J connectivity index is 1.43. The quantitative estimate of drug-likeness (QED) is 0.386. The number of hydrogen-bond donors (Lipinski definition) is 1. The number of nitrogens with zero attached hydrogens (tertiary/aromatic N) is 2. The van der Waals surface area contributed by atoms with Crippen molar-refractivity contribution in [2.45, 2.75) is 31.7 Å². The number of hydrogen-bond acceptors (Lipinski definition) is 2. The zero-order chi connectivity index (χ0) is 23.1. The summed E-state index contributed by atoms with van der Waals surface area (Å²) in [6, 6.07) is 25.8. The second-order valence-corrected chi connectivity index (χ2v) is 9.47. The predicted molar refractivity (Wildman–Crippen MR) is 137 cm³/mol. The van der Waals surface area contributed by atoms with Crippen LogP contribution in [0.5, 0.6) is 0 Å². The Morgan fingerprint density at radius 3 is 2.56 bits per heavy atom. The fourth-order valence-corrected chi connectivity index (χ4v) is 5.51. The van der Waals surface area contributed by atoms with Crippen molar-refractivity contribution in [1.29, 1.82) is 0 Å². The van der Waals surface area contributed by atoms with Crippen molar-refractivity contribution >= 4 is 27.6 Å². The van der Waals surface area contributed by atoms with E-state index < -0.39 is 5.41 Å². The summed E-state index contributed by atoms with van der Waals surface area (Å²) in [5, 5.41) is 6.84. The van der Waals surface area contributed by atoms with E-state index in [1.807, 2.05) is 12.1 Å². The van der Waals surface area contributed by atoms with E-state index in [1.54, 1.807) is 12.4 Å². The lowest BCUT2D eigenvalue weighted by Gasteiger charge is -2.27. The topological polar surface area (TPSA) is 46.9 Å². The second-order valence-electron chi connectivity index (χ2n) is 9.47. The van der Waals surface area contributed by atoms with Crippen molar-refractivity contribution in [3.05, 3.63) is 114 Å². The first-order chi connectivity index (χ1) is 16.6. The van der Waals surface area contributed by atoms with Crippen LogP contribution in [0.3, 0.4) is 0 Å². The maximum Gasteiger partial charge on any atom is 0.231 e. The molecule has 168 valence electrons. The van der Waals surface area contributed by atoms with Crippen LogP contribution in [0.1, 0.15) is 28.7 Å². The van der Waals surface area contributed by atoms with E-state index in [2.05, 4.69) is 88.7 Å². The number of aromatic nitrogens is 2. The highest BCUT2D eigenvalue weighted by Crippen LogP contribution is 2.37. The standard InChI is InChI=1S/C30H27N3O/c1-21-19-33(20-23-6-7-24-4-2-3-5-25(24)16-23)28-17-26(8-9-27(21)28)30(12-15-32-29(30)34)18-22-10-13-31-14-11-22/h2-11,13-14,16-17,19H,12,15,18,20H2,1H3,(H,32,34). The summed E-state index contributed by atoms with van der Waals surface area (Å²) in [6.07, 6.45) is 7.31. The monoisotopic (exact) mass is 445 g/mol. The number of aryl methyl sites for hydroxylation is 1. The third-order valence-corrected chi connectivity index (χ3v) is 7.33.